The smallest absolute Gasteiger partial charge is 0.00922 e. The van der Waals surface area contributed by atoms with Gasteiger partial charge in [0, 0.05) is 12.0 Å². The molecule has 0 N–H and O–H groups in total. The number of unbranched alkanes of at least 4 members (excludes halogenated alkanes) is 2. The van der Waals surface area contributed by atoms with Crippen molar-refractivity contribution in [1.82, 2.24) is 0 Å². The summed E-state index contributed by atoms with van der Waals surface area (Å²) in [6.07, 6.45) is 10.3. The zero-order valence-corrected chi connectivity index (χ0v) is 13.0. The molecule has 0 saturated carbocycles. The van der Waals surface area contributed by atoms with E-state index in [1.807, 2.05) is 0 Å². The van der Waals surface area contributed by atoms with Gasteiger partial charge in [-0.1, -0.05) is 59.0 Å². The molecule has 0 bridgehead atoms. The maximum absolute atomic E-state index is 3.42. The third kappa shape index (κ3) is 6.10. The van der Waals surface area contributed by atoms with Crippen LogP contribution in [0.15, 0.2) is 22.8 Å². The molecule has 0 aromatic rings. The minimum atomic E-state index is 1.04. The molecule has 0 aliphatic rings. The first kappa shape index (κ1) is 17.0. The monoisotopic (exact) mass is 246 g/mol. The average molecular weight is 246 g/mol. The van der Waals surface area contributed by atoms with E-state index in [2.05, 4.69) is 52.5 Å². The SMILES string of the molecule is CC/C=C(CC)/C(CC)=C(\C#CCCCC)CC. The highest BCUT2D eigenvalue weighted by molar-refractivity contribution is 5.43. The van der Waals surface area contributed by atoms with Gasteiger partial charge in [0.1, 0.15) is 0 Å². The lowest BCUT2D eigenvalue weighted by molar-refractivity contribution is 0.827. The molecule has 0 aliphatic carbocycles. The van der Waals surface area contributed by atoms with Crippen LogP contribution in [0.3, 0.4) is 0 Å². The van der Waals surface area contributed by atoms with Crippen molar-refractivity contribution >= 4 is 0 Å². The van der Waals surface area contributed by atoms with Crippen molar-refractivity contribution in [2.24, 2.45) is 0 Å². The third-order valence-electron chi connectivity index (χ3n) is 3.19. The summed E-state index contributed by atoms with van der Waals surface area (Å²) >= 11 is 0. The van der Waals surface area contributed by atoms with E-state index in [0.29, 0.717) is 0 Å². The summed E-state index contributed by atoms with van der Waals surface area (Å²) in [5.74, 6) is 6.76. The van der Waals surface area contributed by atoms with Crippen molar-refractivity contribution in [3.8, 4) is 11.8 Å². The normalized spacial score (nSPS) is 12.8. The highest BCUT2D eigenvalue weighted by Crippen LogP contribution is 2.23. The number of allylic oxidation sites excluding steroid dienone is 4. The Bertz CT molecular complexity index is 331. The van der Waals surface area contributed by atoms with Crippen molar-refractivity contribution in [2.75, 3.05) is 0 Å². The van der Waals surface area contributed by atoms with E-state index in [-0.39, 0.29) is 0 Å². The quantitative estimate of drug-likeness (QED) is 0.292. The standard InChI is InChI=1S/C18H30/c1-6-11-12-13-15-17(9-4)18(10-5)16(8-3)14-7-2/h14H,6-12H2,1-5H3/b16-14+,18-17-. The molecule has 0 spiro atoms. The molecule has 0 radical (unpaired) electrons. The Hall–Kier alpha value is -0.960. The first-order valence-electron chi connectivity index (χ1n) is 7.65. The van der Waals surface area contributed by atoms with Gasteiger partial charge in [-0.25, -0.2) is 0 Å². The zero-order valence-electron chi connectivity index (χ0n) is 13.0. The fourth-order valence-electron chi connectivity index (χ4n) is 2.17. The van der Waals surface area contributed by atoms with E-state index < -0.39 is 0 Å². The van der Waals surface area contributed by atoms with Crippen LogP contribution < -0.4 is 0 Å². The molecule has 0 nitrogen and oxygen atoms in total. The van der Waals surface area contributed by atoms with Crippen LogP contribution in [0.4, 0.5) is 0 Å². The molecular weight excluding hydrogens is 216 g/mol. The molecular formula is C18H30. The van der Waals surface area contributed by atoms with E-state index >= 15 is 0 Å². The molecule has 102 valence electrons. The van der Waals surface area contributed by atoms with Gasteiger partial charge in [0.25, 0.3) is 0 Å². The number of hydrogen-bond acceptors (Lipinski definition) is 0. The van der Waals surface area contributed by atoms with Gasteiger partial charge in [-0.15, -0.1) is 0 Å². The molecule has 0 aromatic heterocycles. The van der Waals surface area contributed by atoms with Crippen molar-refractivity contribution in [3.63, 3.8) is 0 Å². The van der Waals surface area contributed by atoms with Crippen LogP contribution in [0.2, 0.25) is 0 Å². The van der Waals surface area contributed by atoms with E-state index in [1.54, 1.807) is 0 Å². The van der Waals surface area contributed by atoms with E-state index in [1.165, 1.54) is 29.6 Å². The molecule has 0 amide bonds. The highest BCUT2D eigenvalue weighted by Gasteiger charge is 2.05. The molecule has 0 unspecified atom stereocenters. The van der Waals surface area contributed by atoms with Crippen molar-refractivity contribution in [2.45, 2.75) is 79.6 Å². The Morgan fingerprint density at radius 3 is 2.11 bits per heavy atom. The molecule has 18 heavy (non-hydrogen) atoms. The number of hydrogen-bond donors (Lipinski definition) is 0. The zero-order chi connectivity index (χ0) is 13.8. The Morgan fingerprint density at radius 1 is 0.944 bits per heavy atom. The van der Waals surface area contributed by atoms with Crippen LogP contribution in [0.1, 0.15) is 79.6 Å². The van der Waals surface area contributed by atoms with E-state index in [0.717, 1.165) is 32.1 Å². The molecule has 0 heteroatoms. The molecule has 0 aromatic carbocycles. The van der Waals surface area contributed by atoms with Crippen molar-refractivity contribution in [1.29, 1.82) is 0 Å². The van der Waals surface area contributed by atoms with Gasteiger partial charge in [0.2, 0.25) is 0 Å². The van der Waals surface area contributed by atoms with Crippen LogP contribution in [0.25, 0.3) is 0 Å². The maximum atomic E-state index is 3.42. The second kappa shape index (κ2) is 11.1. The van der Waals surface area contributed by atoms with E-state index in [4.69, 9.17) is 0 Å². The number of rotatable bonds is 7. The average Bonchev–Trinajstić information content (AvgIpc) is 2.40. The molecule has 0 fully saturated rings. The van der Waals surface area contributed by atoms with Crippen LogP contribution in [-0.2, 0) is 0 Å². The Morgan fingerprint density at radius 2 is 1.67 bits per heavy atom. The third-order valence-corrected chi connectivity index (χ3v) is 3.19. The lowest BCUT2D eigenvalue weighted by atomic mass is 9.93. The minimum Gasteiger partial charge on any atom is -0.0982 e. The summed E-state index contributed by atoms with van der Waals surface area (Å²) in [5.41, 5.74) is 4.35. The molecule has 0 saturated heterocycles. The summed E-state index contributed by atoms with van der Waals surface area (Å²) in [5, 5.41) is 0. The van der Waals surface area contributed by atoms with Crippen LogP contribution >= 0.6 is 0 Å². The predicted molar refractivity (Wildman–Crippen MR) is 83.6 cm³/mol. The maximum Gasteiger partial charge on any atom is 0.00922 e. The lowest BCUT2D eigenvalue weighted by Gasteiger charge is -2.11. The van der Waals surface area contributed by atoms with Crippen LogP contribution in [0.5, 0.6) is 0 Å². The second-order valence-corrected chi connectivity index (χ2v) is 4.56. The molecule has 0 atom stereocenters. The fraction of sp³-hybridized carbons (Fsp3) is 0.667. The summed E-state index contributed by atoms with van der Waals surface area (Å²) in [6, 6.07) is 0. The summed E-state index contributed by atoms with van der Waals surface area (Å²) < 4.78 is 0. The van der Waals surface area contributed by atoms with Crippen molar-refractivity contribution in [3.05, 3.63) is 22.8 Å². The topological polar surface area (TPSA) is 0 Å². The van der Waals surface area contributed by atoms with E-state index in [9.17, 15) is 0 Å². The van der Waals surface area contributed by atoms with Gasteiger partial charge in [-0.3, -0.25) is 0 Å². The van der Waals surface area contributed by atoms with Gasteiger partial charge >= 0.3 is 0 Å². The summed E-state index contributed by atoms with van der Waals surface area (Å²) in [7, 11) is 0. The lowest BCUT2D eigenvalue weighted by Crippen LogP contribution is -1.94. The highest BCUT2D eigenvalue weighted by atomic mass is 14.1. The van der Waals surface area contributed by atoms with Gasteiger partial charge < -0.3 is 0 Å². The van der Waals surface area contributed by atoms with Crippen molar-refractivity contribution < 1.29 is 0 Å². The summed E-state index contributed by atoms with van der Waals surface area (Å²) in [4.78, 5) is 0. The molecule has 0 heterocycles. The Labute approximate surface area is 115 Å². The van der Waals surface area contributed by atoms with Crippen LogP contribution in [0, 0.1) is 11.8 Å². The van der Waals surface area contributed by atoms with Crippen LogP contribution in [-0.4, -0.2) is 0 Å². The minimum absolute atomic E-state index is 1.04. The van der Waals surface area contributed by atoms with Gasteiger partial charge in [0.05, 0.1) is 0 Å². The fourth-order valence-corrected chi connectivity index (χ4v) is 2.17. The Kier molecular flexibility index (Phi) is 10.6. The predicted octanol–water partition coefficient (Wildman–Crippen LogP) is 6.04. The van der Waals surface area contributed by atoms with Gasteiger partial charge in [0.15, 0.2) is 0 Å². The second-order valence-electron chi connectivity index (χ2n) is 4.56. The first-order valence-corrected chi connectivity index (χ1v) is 7.65. The Balaban J connectivity index is 5.13. The molecule has 0 rings (SSSR count). The first-order chi connectivity index (χ1) is 8.74. The van der Waals surface area contributed by atoms with Gasteiger partial charge in [-0.2, -0.15) is 0 Å². The van der Waals surface area contributed by atoms with Gasteiger partial charge in [-0.05, 0) is 43.3 Å². The molecule has 0 aliphatic heterocycles. The summed E-state index contributed by atoms with van der Waals surface area (Å²) in [6.45, 7) is 11.1. The largest absolute Gasteiger partial charge is 0.0982 e.